The molecule has 2 rings (SSSR count). The van der Waals surface area contributed by atoms with Crippen molar-refractivity contribution < 1.29 is 38.1 Å². The Hall–Kier alpha value is -2.72. The van der Waals surface area contributed by atoms with Gasteiger partial charge in [-0.15, -0.1) is 0 Å². The number of nitrogens with zero attached hydrogens (tertiary/aromatic N) is 1. The first kappa shape index (κ1) is 24.5. The molecule has 11 heteroatoms. The number of hydrogen-bond acceptors (Lipinski definition) is 9. The van der Waals surface area contributed by atoms with E-state index in [-0.39, 0.29) is 41.2 Å². The number of carbonyl (C=O) groups is 4. The lowest BCUT2D eigenvalue weighted by Crippen LogP contribution is -2.34. The molecule has 0 aromatic heterocycles. The van der Waals surface area contributed by atoms with E-state index in [1.807, 2.05) is 0 Å². The second-order valence-electron chi connectivity index (χ2n) is 5.93. The number of imide groups is 1. The molecule has 0 N–H and O–H groups in total. The molecule has 1 aromatic carbocycles. The van der Waals surface area contributed by atoms with E-state index in [0.29, 0.717) is 23.9 Å². The van der Waals surface area contributed by atoms with Crippen LogP contribution in [0.5, 0.6) is 11.5 Å². The highest BCUT2D eigenvalue weighted by Gasteiger charge is 2.36. The third-order valence-electron chi connectivity index (χ3n) is 3.74. The number of rotatable bonds is 10. The maximum atomic E-state index is 12.5. The minimum Gasteiger partial charge on any atom is -0.490 e. The lowest BCUT2D eigenvalue weighted by atomic mass is 10.1. The highest BCUT2D eigenvalue weighted by molar-refractivity contribution is 8.18. The minimum absolute atomic E-state index is 0.119. The Morgan fingerprint density at radius 3 is 2.35 bits per heavy atom. The SMILES string of the molecule is CCOC(=O)COc1c(Cl)cc(/C=C2/SC(=O)N(CC(=O)OCC)C2=O)cc1OCC. The van der Waals surface area contributed by atoms with Crippen LogP contribution in [0.15, 0.2) is 17.0 Å². The summed E-state index contributed by atoms with van der Waals surface area (Å²) in [5.74, 6) is -1.42. The predicted molar refractivity (Wildman–Crippen MR) is 114 cm³/mol. The fourth-order valence-electron chi connectivity index (χ4n) is 2.53. The fraction of sp³-hybridized carbons (Fsp3) is 0.400. The number of amides is 2. The van der Waals surface area contributed by atoms with E-state index < -0.39 is 29.6 Å². The van der Waals surface area contributed by atoms with Gasteiger partial charge >= 0.3 is 11.9 Å². The number of ether oxygens (including phenoxy) is 4. The zero-order chi connectivity index (χ0) is 23.0. The Morgan fingerprint density at radius 1 is 1.03 bits per heavy atom. The van der Waals surface area contributed by atoms with Crippen molar-refractivity contribution in [3.05, 3.63) is 27.6 Å². The van der Waals surface area contributed by atoms with E-state index in [0.717, 1.165) is 4.90 Å². The summed E-state index contributed by atoms with van der Waals surface area (Å²) in [5.41, 5.74) is 0.471. The van der Waals surface area contributed by atoms with Crippen molar-refractivity contribution in [2.75, 3.05) is 33.0 Å². The van der Waals surface area contributed by atoms with Gasteiger partial charge in [-0.05, 0) is 56.3 Å². The second-order valence-corrected chi connectivity index (χ2v) is 7.33. The molecular weight excluding hydrogens is 450 g/mol. The molecule has 1 aliphatic heterocycles. The van der Waals surface area contributed by atoms with Crippen LogP contribution in [0.3, 0.4) is 0 Å². The molecule has 168 valence electrons. The van der Waals surface area contributed by atoms with Gasteiger partial charge in [-0.25, -0.2) is 4.79 Å². The third kappa shape index (κ3) is 6.63. The number of halogens is 1. The second kappa shape index (κ2) is 11.6. The molecule has 1 saturated heterocycles. The Labute approximate surface area is 188 Å². The molecule has 1 aromatic rings. The molecule has 0 radical (unpaired) electrons. The number of esters is 2. The van der Waals surface area contributed by atoms with E-state index in [1.165, 1.54) is 12.1 Å². The molecule has 31 heavy (non-hydrogen) atoms. The van der Waals surface area contributed by atoms with Gasteiger partial charge in [0.2, 0.25) is 0 Å². The van der Waals surface area contributed by atoms with Crippen molar-refractivity contribution in [2.24, 2.45) is 0 Å². The summed E-state index contributed by atoms with van der Waals surface area (Å²) >= 11 is 7.00. The van der Waals surface area contributed by atoms with Crippen LogP contribution in [0, 0.1) is 0 Å². The lowest BCUT2D eigenvalue weighted by Gasteiger charge is -2.14. The quantitative estimate of drug-likeness (QED) is 0.375. The fourth-order valence-corrected chi connectivity index (χ4v) is 3.64. The van der Waals surface area contributed by atoms with Crippen LogP contribution < -0.4 is 9.47 Å². The van der Waals surface area contributed by atoms with E-state index in [2.05, 4.69) is 0 Å². The van der Waals surface area contributed by atoms with Gasteiger partial charge in [0.1, 0.15) is 6.54 Å². The van der Waals surface area contributed by atoms with Gasteiger partial charge in [0, 0.05) is 0 Å². The molecule has 1 heterocycles. The van der Waals surface area contributed by atoms with Gasteiger partial charge < -0.3 is 18.9 Å². The predicted octanol–water partition coefficient (Wildman–Crippen LogP) is 3.28. The largest absolute Gasteiger partial charge is 0.490 e. The molecule has 0 unspecified atom stereocenters. The molecule has 0 bridgehead atoms. The average molecular weight is 472 g/mol. The summed E-state index contributed by atoms with van der Waals surface area (Å²) in [4.78, 5) is 48.8. The van der Waals surface area contributed by atoms with Gasteiger partial charge in [0.25, 0.3) is 11.1 Å². The Morgan fingerprint density at radius 2 is 1.71 bits per heavy atom. The van der Waals surface area contributed by atoms with E-state index in [1.54, 1.807) is 26.8 Å². The van der Waals surface area contributed by atoms with Crippen molar-refractivity contribution >= 4 is 52.5 Å². The molecule has 1 fully saturated rings. The summed E-state index contributed by atoms with van der Waals surface area (Å²) < 4.78 is 20.6. The normalized spacial score (nSPS) is 14.7. The van der Waals surface area contributed by atoms with Gasteiger partial charge in [-0.2, -0.15) is 0 Å². The van der Waals surface area contributed by atoms with Crippen LogP contribution in [-0.2, 0) is 23.9 Å². The van der Waals surface area contributed by atoms with E-state index >= 15 is 0 Å². The molecule has 2 amide bonds. The summed E-state index contributed by atoms with van der Waals surface area (Å²) in [6.07, 6.45) is 1.46. The first-order chi connectivity index (χ1) is 14.8. The molecule has 9 nitrogen and oxygen atoms in total. The molecule has 0 saturated carbocycles. The van der Waals surface area contributed by atoms with Crippen LogP contribution in [-0.4, -0.2) is 61.0 Å². The van der Waals surface area contributed by atoms with Crippen LogP contribution in [0.25, 0.3) is 6.08 Å². The first-order valence-electron chi connectivity index (χ1n) is 9.46. The zero-order valence-electron chi connectivity index (χ0n) is 17.3. The van der Waals surface area contributed by atoms with Gasteiger partial charge in [0.15, 0.2) is 18.1 Å². The molecular formula is C20H22ClNO8S. The van der Waals surface area contributed by atoms with Crippen LogP contribution in [0.1, 0.15) is 26.3 Å². The van der Waals surface area contributed by atoms with Crippen molar-refractivity contribution in [1.29, 1.82) is 0 Å². The van der Waals surface area contributed by atoms with Crippen LogP contribution in [0.4, 0.5) is 4.79 Å². The number of benzene rings is 1. The van der Waals surface area contributed by atoms with Crippen LogP contribution >= 0.6 is 23.4 Å². The topological polar surface area (TPSA) is 108 Å². The Balaban J connectivity index is 2.25. The summed E-state index contributed by atoms with van der Waals surface area (Å²) in [6, 6.07) is 3.07. The highest BCUT2D eigenvalue weighted by Crippen LogP contribution is 2.39. The smallest absolute Gasteiger partial charge is 0.344 e. The molecule has 0 aliphatic carbocycles. The molecule has 0 atom stereocenters. The Kier molecular flexibility index (Phi) is 9.20. The summed E-state index contributed by atoms with van der Waals surface area (Å²) in [5, 5.41) is -0.429. The number of thioether (sulfide) groups is 1. The zero-order valence-corrected chi connectivity index (χ0v) is 18.8. The average Bonchev–Trinajstić information content (AvgIpc) is 2.95. The van der Waals surface area contributed by atoms with Crippen molar-refractivity contribution in [3.63, 3.8) is 0 Å². The lowest BCUT2D eigenvalue weighted by molar-refractivity contribution is -0.146. The van der Waals surface area contributed by atoms with Crippen molar-refractivity contribution in [2.45, 2.75) is 20.8 Å². The maximum Gasteiger partial charge on any atom is 0.344 e. The number of carbonyl (C=O) groups excluding carboxylic acids is 4. The van der Waals surface area contributed by atoms with Gasteiger partial charge in [-0.3, -0.25) is 19.3 Å². The van der Waals surface area contributed by atoms with Crippen LogP contribution in [0.2, 0.25) is 5.02 Å². The summed E-state index contributed by atoms with van der Waals surface area (Å²) in [7, 11) is 0. The van der Waals surface area contributed by atoms with Crippen molar-refractivity contribution in [1.82, 2.24) is 4.90 Å². The summed E-state index contributed by atoms with van der Waals surface area (Å²) in [6.45, 7) is 4.93. The van der Waals surface area contributed by atoms with Crippen molar-refractivity contribution in [3.8, 4) is 11.5 Å². The minimum atomic E-state index is -0.671. The van der Waals surface area contributed by atoms with E-state index in [4.69, 9.17) is 30.5 Å². The molecule has 0 spiro atoms. The third-order valence-corrected chi connectivity index (χ3v) is 4.92. The standard InChI is InChI=1S/C20H22ClNO8S/c1-4-27-14-8-12(7-13(21)18(14)30-11-17(24)29-6-3)9-15-19(25)22(20(26)31-15)10-16(23)28-5-2/h7-9H,4-6,10-11H2,1-3H3/b15-9+. The monoisotopic (exact) mass is 471 g/mol. The van der Waals surface area contributed by atoms with E-state index in [9.17, 15) is 19.2 Å². The Bertz CT molecular complexity index is 901. The van der Waals surface area contributed by atoms with Gasteiger partial charge in [-0.1, -0.05) is 11.6 Å². The number of hydrogen-bond donors (Lipinski definition) is 0. The first-order valence-corrected chi connectivity index (χ1v) is 10.7. The maximum absolute atomic E-state index is 12.5. The highest BCUT2D eigenvalue weighted by atomic mass is 35.5. The van der Waals surface area contributed by atoms with Gasteiger partial charge in [0.05, 0.1) is 29.7 Å². The molecule has 1 aliphatic rings.